The summed E-state index contributed by atoms with van der Waals surface area (Å²) in [6.07, 6.45) is 0.803. The predicted molar refractivity (Wildman–Crippen MR) is 105 cm³/mol. The lowest BCUT2D eigenvalue weighted by molar-refractivity contribution is -0.130. The van der Waals surface area contributed by atoms with E-state index in [1.165, 1.54) is 5.56 Å². The molecule has 1 heterocycles. The molecule has 6 nitrogen and oxygen atoms in total. The van der Waals surface area contributed by atoms with E-state index in [1.807, 2.05) is 48.2 Å². The van der Waals surface area contributed by atoms with Crippen LogP contribution in [0.25, 0.3) is 0 Å². The molecule has 0 aromatic heterocycles. The fraction of sp³-hybridized carbons (Fsp3) is 0.381. The van der Waals surface area contributed by atoms with E-state index in [9.17, 15) is 4.79 Å². The third kappa shape index (κ3) is 4.27. The van der Waals surface area contributed by atoms with Gasteiger partial charge in [0.15, 0.2) is 11.5 Å². The highest BCUT2D eigenvalue weighted by Gasteiger charge is 2.22. The molecule has 144 valence electrons. The molecule has 2 aromatic carbocycles. The number of fused-ring (bicyclic) bond motifs is 1. The molecule has 1 aliphatic heterocycles. The maximum absolute atomic E-state index is 12.7. The van der Waals surface area contributed by atoms with Crippen LogP contribution in [-0.4, -0.2) is 44.7 Å². The lowest BCUT2D eigenvalue weighted by Crippen LogP contribution is -2.39. The van der Waals surface area contributed by atoms with Gasteiger partial charge in [-0.1, -0.05) is 12.1 Å². The summed E-state index contributed by atoms with van der Waals surface area (Å²) in [5.74, 6) is 2.23. The van der Waals surface area contributed by atoms with Gasteiger partial charge in [0.2, 0.25) is 5.91 Å². The van der Waals surface area contributed by atoms with E-state index in [1.54, 1.807) is 14.2 Å². The molecule has 0 saturated carbocycles. The molecule has 6 heteroatoms. The Bertz CT molecular complexity index is 807. The van der Waals surface area contributed by atoms with Crippen LogP contribution in [0.1, 0.15) is 18.1 Å². The molecule has 3 rings (SSSR count). The number of nitrogens with zero attached hydrogens (tertiary/aromatic N) is 1. The molecule has 0 radical (unpaired) electrons. The Balaban J connectivity index is 1.66. The number of ether oxygens (including phenoxy) is 3. The van der Waals surface area contributed by atoms with Gasteiger partial charge in [-0.2, -0.15) is 0 Å². The number of methoxy groups -OCH3 is 2. The molecule has 27 heavy (non-hydrogen) atoms. The maximum atomic E-state index is 12.7. The van der Waals surface area contributed by atoms with Crippen molar-refractivity contribution in [2.75, 3.05) is 39.2 Å². The smallest absolute Gasteiger partial charge is 0.242 e. The SMILES string of the molecule is CCOc1ccccc1NCC(=O)N1CCc2cc(OC)c(OC)cc2C1. The molecule has 0 atom stereocenters. The van der Waals surface area contributed by atoms with Crippen LogP contribution in [0.4, 0.5) is 5.69 Å². The fourth-order valence-electron chi connectivity index (χ4n) is 3.27. The van der Waals surface area contributed by atoms with Crippen molar-refractivity contribution >= 4 is 11.6 Å². The van der Waals surface area contributed by atoms with Gasteiger partial charge in [-0.25, -0.2) is 0 Å². The van der Waals surface area contributed by atoms with Gasteiger partial charge in [0.25, 0.3) is 0 Å². The first-order valence-corrected chi connectivity index (χ1v) is 9.13. The second-order valence-corrected chi connectivity index (χ2v) is 6.32. The topological polar surface area (TPSA) is 60.0 Å². The highest BCUT2D eigenvalue weighted by Crippen LogP contribution is 2.33. The van der Waals surface area contributed by atoms with Crippen molar-refractivity contribution < 1.29 is 19.0 Å². The predicted octanol–water partition coefficient (Wildman–Crippen LogP) is 3.10. The molecule has 0 unspecified atom stereocenters. The molecule has 0 bridgehead atoms. The number of para-hydroxylation sites is 2. The molecule has 0 aliphatic carbocycles. The summed E-state index contributed by atoms with van der Waals surface area (Å²) in [4.78, 5) is 14.6. The molecule has 0 fully saturated rings. The number of amides is 1. The summed E-state index contributed by atoms with van der Waals surface area (Å²) in [5, 5.41) is 3.20. The second kappa shape index (κ2) is 8.66. The monoisotopic (exact) mass is 370 g/mol. The van der Waals surface area contributed by atoms with Crippen molar-refractivity contribution in [3.63, 3.8) is 0 Å². The fourth-order valence-corrected chi connectivity index (χ4v) is 3.27. The quantitative estimate of drug-likeness (QED) is 0.812. The van der Waals surface area contributed by atoms with E-state index in [2.05, 4.69) is 5.32 Å². The number of carbonyl (C=O) groups is 1. The van der Waals surface area contributed by atoms with E-state index in [0.717, 1.165) is 29.2 Å². The van der Waals surface area contributed by atoms with Crippen LogP contribution in [0.2, 0.25) is 0 Å². The highest BCUT2D eigenvalue weighted by molar-refractivity contribution is 5.81. The van der Waals surface area contributed by atoms with Crippen molar-refractivity contribution in [3.8, 4) is 17.2 Å². The van der Waals surface area contributed by atoms with E-state index >= 15 is 0 Å². The first kappa shape index (κ1) is 18.9. The van der Waals surface area contributed by atoms with Gasteiger partial charge < -0.3 is 24.4 Å². The summed E-state index contributed by atoms with van der Waals surface area (Å²) in [6.45, 7) is 4.02. The Morgan fingerprint density at radius 3 is 2.48 bits per heavy atom. The molecule has 0 saturated heterocycles. The number of hydrogen-bond donors (Lipinski definition) is 1. The van der Waals surface area contributed by atoms with Crippen LogP contribution < -0.4 is 19.5 Å². The zero-order valence-electron chi connectivity index (χ0n) is 16.1. The first-order valence-electron chi connectivity index (χ1n) is 9.13. The van der Waals surface area contributed by atoms with Gasteiger partial charge in [0, 0.05) is 13.1 Å². The van der Waals surface area contributed by atoms with Crippen LogP contribution in [0, 0.1) is 0 Å². The number of rotatable bonds is 7. The third-order valence-corrected chi connectivity index (χ3v) is 4.69. The number of carbonyl (C=O) groups excluding carboxylic acids is 1. The molecular weight excluding hydrogens is 344 g/mol. The summed E-state index contributed by atoms with van der Waals surface area (Å²) >= 11 is 0. The summed E-state index contributed by atoms with van der Waals surface area (Å²) in [7, 11) is 3.25. The van der Waals surface area contributed by atoms with Crippen LogP contribution in [0.5, 0.6) is 17.2 Å². The van der Waals surface area contributed by atoms with Gasteiger partial charge in [0.05, 0.1) is 33.1 Å². The highest BCUT2D eigenvalue weighted by atomic mass is 16.5. The zero-order valence-corrected chi connectivity index (χ0v) is 16.1. The normalized spacial score (nSPS) is 12.9. The van der Waals surface area contributed by atoms with Crippen molar-refractivity contribution in [1.29, 1.82) is 0 Å². The number of anilines is 1. The largest absolute Gasteiger partial charge is 0.493 e. The van der Waals surface area contributed by atoms with E-state index in [0.29, 0.717) is 25.4 Å². The first-order chi connectivity index (χ1) is 13.2. The van der Waals surface area contributed by atoms with Crippen LogP contribution in [-0.2, 0) is 17.8 Å². The van der Waals surface area contributed by atoms with Crippen molar-refractivity contribution in [2.45, 2.75) is 19.9 Å². The van der Waals surface area contributed by atoms with E-state index in [4.69, 9.17) is 14.2 Å². The van der Waals surface area contributed by atoms with Crippen LogP contribution in [0.15, 0.2) is 36.4 Å². The van der Waals surface area contributed by atoms with Gasteiger partial charge in [-0.3, -0.25) is 4.79 Å². The molecule has 1 amide bonds. The number of nitrogens with one attached hydrogen (secondary N) is 1. The Morgan fingerprint density at radius 2 is 1.78 bits per heavy atom. The van der Waals surface area contributed by atoms with Crippen molar-refractivity contribution in [3.05, 3.63) is 47.5 Å². The zero-order chi connectivity index (χ0) is 19.2. The van der Waals surface area contributed by atoms with Gasteiger partial charge >= 0.3 is 0 Å². The average Bonchev–Trinajstić information content (AvgIpc) is 2.71. The summed E-state index contributed by atoms with van der Waals surface area (Å²) in [5.41, 5.74) is 3.13. The number of benzene rings is 2. The molecule has 1 N–H and O–H groups in total. The lowest BCUT2D eigenvalue weighted by Gasteiger charge is -2.30. The standard InChI is InChI=1S/C21H26N2O4/c1-4-27-18-8-6-5-7-17(18)22-13-21(24)23-10-9-15-11-19(25-2)20(26-3)12-16(15)14-23/h5-8,11-12,22H,4,9-10,13-14H2,1-3H3. The van der Waals surface area contributed by atoms with Crippen LogP contribution >= 0.6 is 0 Å². The average molecular weight is 370 g/mol. The molecule has 0 spiro atoms. The van der Waals surface area contributed by atoms with Gasteiger partial charge in [-0.05, 0) is 48.7 Å². The molecular formula is C21H26N2O4. The Kier molecular flexibility index (Phi) is 6.06. The Hall–Kier alpha value is -2.89. The Morgan fingerprint density at radius 1 is 1.07 bits per heavy atom. The second-order valence-electron chi connectivity index (χ2n) is 6.32. The van der Waals surface area contributed by atoms with E-state index in [-0.39, 0.29) is 12.5 Å². The van der Waals surface area contributed by atoms with Crippen LogP contribution in [0.3, 0.4) is 0 Å². The van der Waals surface area contributed by atoms with Crippen molar-refractivity contribution in [1.82, 2.24) is 4.90 Å². The summed E-state index contributed by atoms with van der Waals surface area (Å²) < 4.78 is 16.3. The molecule has 1 aliphatic rings. The molecule has 2 aromatic rings. The van der Waals surface area contributed by atoms with Gasteiger partial charge in [0.1, 0.15) is 5.75 Å². The Labute approximate surface area is 160 Å². The summed E-state index contributed by atoms with van der Waals surface area (Å²) in [6, 6.07) is 11.6. The number of hydrogen-bond acceptors (Lipinski definition) is 5. The van der Waals surface area contributed by atoms with Gasteiger partial charge in [-0.15, -0.1) is 0 Å². The lowest BCUT2D eigenvalue weighted by atomic mass is 9.98. The minimum absolute atomic E-state index is 0.0572. The van der Waals surface area contributed by atoms with E-state index < -0.39 is 0 Å². The minimum Gasteiger partial charge on any atom is -0.493 e. The van der Waals surface area contributed by atoms with Crippen molar-refractivity contribution in [2.24, 2.45) is 0 Å². The maximum Gasteiger partial charge on any atom is 0.242 e. The third-order valence-electron chi connectivity index (χ3n) is 4.69. The minimum atomic E-state index is 0.0572.